The summed E-state index contributed by atoms with van der Waals surface area (Å²) in [6.07, 6.45) is 13.1. The Morgan fingerprint density at radius 3 is 1.40 bits per heavy atom. The Labute approximate surface area is 156 Å². The maximum Gasteiger partial charge on any atom is 0.306 e. The van der Waals surface area contributed by atoms with E-state index < -0.39 is 11.4 Å². The number of rotatable bonds is 15. The fourth-order valence-corrected chi connectivity index (χ4v) is 4.44. The Kier molecular flexibility index (Phi) is 15.5. The Morgan fingerprint density at radius 1 is 0.760 bits per heavy atom. The van der Waals surface area contributed by atoms with Crippen molar-refractivity contribution in [3.63, 3.8) is 0 Å². The van der Waals surface area contributed by atoms with Gasteiger partial charge in [-0.25, -0.2) is 0 Å². The van der Waals surface area contributed by atoms with Crippen molar-refractivity contribution in [2.75, 3.05) is 0 Å². The fourth-order valence-electron chi connectivity index (χ4n) is 4.44. The quantitative estimate of drug-likeness (QED) is 0.274. The van der Waals surface area contributed by atoms with Gasteiger partial charge in [0.25, 0.3) is 0 Å². The lowest BCUT2D eigenvalue weighted by Gasteiger charge is -2.50. The van der Waals surface area contributed by atoms with E-state index in [-0.39, 0.29) is 11.6 Å². The Balaban J connectivity index is 0. The second-order valence-corrected chi connectivity index (χ2v) is 7.50. The summed E-state index contributed by atoms with van der Waals surface area (Å²) in [4.78, 5) is 17.0. The van der Waals surface area contributed by atoms with Crippen molar-refractivity contribution in [3.8, 4) is 0 Å². The molecule has 0 aromatic heterocycles. The molecule has 0 rings (SSSR count). The molecule has 0 spiro atoms. The largest absolute Gasteiger partial charge is 0.662 e. The Bertz CT molecular complexity index is 315. The molecule has 0 amide bonds. The van der Waals surface area contributed by atoms with E-state index in [4.69, 9.17) is 0 Å². The van der Waals surface area contributed by atoms with Gasteiger partial charge in [-0.15, -0.1) is 0 Å². The molecule has 0 saturated heterocycles. The Morgan fingerprint density at radius 2 is 1.12 bits per heavy atom. The maximum atomic E-state index is 12.8. The molecular formula is C21H45NO3. The van der Waals surface area contributed by atoms with E-state index in [1.807, 2.05) is 0 Å². The first kappa shape index (κ1) is 26.6. The second-order valence-electron chi connectivity index (χ2n) is 7.50. The van der Waals surface area contributed by atoms with Gasteiger partial charge in [0.05, 0.1) is 5.41 Å². The minimum atomic E-state index is -0.597. The van der Waals surface area contributed by atoms with Gasteiger partial charge < -0.3 is 16.3 Å². The first-order valence-electron chi connectivity index (χ1n) is 10.4. The van der Waals surface area contributed by atoms with Gasteiger partial charge in [0.15, 0.2) is 0 Å². The van der Waals surface area contributed by atoms with Crippen LogP contribution in [0.25, 0.3) is 0 Å². The molecule has 0 aliphatic carbocycles. The third kappa shape index (κ3) is 6.90. The standard InChI is InChI=1S/C21H42O3.H3N/c1-6-11-15-20(10-5,16-12-7-2)21(17-13-8-3,18-14-9-4)19(22)24-23;/h23H,6-18H2,1-5H3;1H3. The highest BCUT2D eigenvalue weighted by Gasteiger charge is 2.53. The Hall–Kier alpha value is -0.610. The van der Waals surface area contributed by atoms with Gasteiger partial charge in [-0.3, -0.25) is 4.79 Å². The molecule has 25 heavy (non-hydrogen) atoms. The van der Waals surface area contributed by atoms with Crippen LogP contribution in [-0.2, 0) is 9.68 Å². The monoisotopic (exact) mass is 359 g/mol. The third-order valence-electron chi connectivity index (χ3n) is 6.09. The normalized spacial score (nSPS) is 11.9. The van der Waals surface area contributed by atoms with Crippen molar-refractivity contribution in [2.45, 2.75) is 118 Å². The van der Waals surface area contributed by atoms with Crippen LogP contribution in [-0.4, -0.2) is 5.97 Å². The van der Waals surface area contributed by atoms with Gasteiger partial charge in [0.2, 0.25) is 0 Å². The van der Waals surface area contributed by atoms with Gasteiger partial charge in [-0.2, -0.15) is 0 Å². The summed E-state index contributed by atoms with van der Waals surface area (Å²) in [7, 11) is 0. The van der Waals surface area contributed by atoms with E-state index in [1.165, 1.54) is 0 Å². The fraction of sp³-hybridized carbons (Fsp3) is 0.952. The second kappa shape index (κ2) is 14.5. The third-order valence-corrected chi connectivity index (χ3v) is 6.09. The first-order valence-corrected chi connectivity index (χ1v) is 10.4. The molecule has 0 bridgehead atoms. The van der Waals surface area contributed by atoms with Gasteiger partial charge in [-0.1, -0.05) is 86.0 Å². The summed E-state index contributed by atoms with van der Waals surface area (Å²) in [6.45, 7) is 10.9. The molecule has 0 aromatic carbocycles. The summed E-state index contributed by atoms with van der Waals surface area (Å²) >= 11 is 0. The first-order chi connectivity index (χ1) is 11.5. The van der Waals surface area contributed by atoms with E-state index in [1.54, 1.807) is 0 Å². The SMILES string of the molecule is CCCCC(CC)(CCCC)C(CCCC)(CCCC)C(=O)O[O-].[NH4+]. The molecule has 0 aliphatic rings. The van der Waals surface area contributed by atoms with Crippen molar-refractivity contribution < 1.29 is 14.9 Å². The lowest BCUT2D eigenvalue weighted by molar-refractivity contribution is -0.659. The summed E-state index contributed by atoms with van der Waals surface area (Å²) in [5, 5.41) is 11.3. The number of quaternary nitrogens is 1. The van der Waals surface area contributed by atoms with Gasteiger partial charge >= 0.3 is 5.97 Å². The average molecular weight is 360 g/mol. The minimum absolute atomic E-state index is 0. The number of unbranched alkanes of at least 4 members (excludes halogenated alkanes) is 4. The van der Waals surface area contributed by atoms with Crippen LogP contribution in [0.15, 0.2) is 0 Å². The van der Waals surface area contributed by atoms with Crippen LogP contribution in [0.2, 0.25) is 0 Å². The van der Waals surface area contributed by atoms with Crippen molar-refractivity contribution in [2.24, 2.45) is 10.8 Å². The van der Waals surface area contributed by atoms with Crippen LogP contribution < -0.4 is 11.4 Å². The van der Waals surface area contributed by atoms with Crippen LogP contribution in [0.5, 0.6) is 0 Å². The predicted molar refractivity (Wildman–Crippen MR) is 105 cm³/mol. The number of hydrogen-bond acceptors (Lipinski definition) is 3. The van der Waals surface area contributed by atoms with Crippen molar-refractivity contribution in [1.82, 2.24) is 6.15 Å². The molecule has 0 radical (unpaired) electrons. The van der Waals surface area contributed by atoms with Crippen LogP contribution >= 0.6 is 0 Å². The lowest BCUT2D eigenvalue weighted by Crippen LogP contribution is -2.50. The van der Waals surface area contributed by atoms with Crippen LogP contribution in [0.4, 0.5) is 0 Å². The summed E-state index contributed by atoms with van der Waals surface area (Å²) in [5.41, 5.74) is -0.690. The lowest BCUT2D eigenvalue weighted by atomic mass is 9.54. The maximum absolute atomic E-state index is 12.8. The van der Waals surface area contributed by atoms with Crippen LogP contribution in [0.3, 0.4) is 0 Å². The van der Waals surface area contributed by atoms with E-state index in [2.05, 4.69) is 39.5 Å². The highest BCUT2D eigenvalue weighted by atomic mass is 17.1. The molecule has 152 valence electrons. The molecule has 0 aliphatic heterocycles. The molecule has 0 saturated carbocycles. The average Bonchev–Trinajstić information content (AvgIpc) is 2.62. The number of hydrogen-bond donors (Lipinski definition) is 1. The molecule has 0 heterocycles. The van der Waals surface area contributed by atoms with E-state index in [9.17, 15) is 10.1 Å². The van der Waals surface area contributed by atoms with Gasteiger partial charge in [0.1, 0.15) is 0 Å². The smallest absolute Gasteiger partial charge is 0.306 e. The van der Waals surface area contributed by atoms with E-state index in [0.29, 0.717) is 0 Å². The van der Waals surface area contributed by atoms with Crippen molar-refractivity contribution >= 4 is 5.97 Å². The van der Waals surface area contributed by atoms with E-state index in [0.717, 1.165) is 83.5 Å². The number of carbonyl (C=O) groups excluding carboxylic acids is 1. The summed E-state index contributed by atoms with van der Waals surface area (Å²) in [6, 6.07) is 0. The molecular weight excluding hydrogens is 314 g/mol. The zero-order chi connectivity index (χ0) is 18.5. The van der Waals surface area contributed by atoms with Gasteiger partial charge in [-0.05, 0) is 37.5 Å². The molecule has 0 fully saturated rings. The van der Waals surface area contributed by atoms with Crippen molar-refractivity contribution in [3.05, 3.63) is 0 Å². The molecule has 4 heteroatoms. The van der Waals surface area contributed by atoms with Gasteiger partial charge in [0, 0.05) is 0 Å². The van der Waals surface area contributed by atoms with Crippen LogP contribution in [0.1, 0.15) is 118 Å². The molecule has 4 N–H and O–H groups in total. The minimum Gasteiger partial charge on any atom is -0.662 e. The molecule has 0 atom stereocenters. The summed E-state index contributed by atoms with van der Waals surface area (Å²) < 4.78 is 0. The molecule has 4 nitrogen and oxygen atoms in total. The molecule has 0 unspecified atom stereocenters. The molecule has 0 aromatic rings. The zero-order valence-electron chi connectivity index (χ0n) is 17.9. The predicted octanol–water partition coefficient (Wildman–Crippen LogP) is 6.32. The van der Waals surface area contributed by atoms with Crippen LogP contribution in [0, 0.1) is 10.8 Å². The topological polar surface area (TPSA) is 85.9 Å². The summed E-state index contributed by atoms with van der Waals surface area (Å²) in [5.74, 6) is -0.488. The number of carbonyl (C=O) groups is 1. The zero-order valence-corrected chi connectivity index (χ0v) is 17.9. The highest BCUT2D eigenvalue weighted by molar-refractivity contribution is 5.77. The van der Waals surface area contributed by atoms with Crippen molar-refractivity contribution in [1.29, 1.82) is 0 Å². The highest BCUT2D eigenvalue weighted by Crippen LogP contribution is 2.56. The van der Waals surface area contributed by atoms with E-state index >= 15 is 0 Å².